The van der Waals surface area contributed by atoms with Crippen molar-refractivity contribution < 1.29 is 22.7 Å². The zero-order valence-corrected chi connectivity index (χ0v) is 11.2. The van der Waals surface area contributed by atoms with E-state index in [0.29, 0.717) is 0 Å². The van der Waals surface area contributed by atoms with Gasteiger partial charge in [-0.15, -0.1) is 0 Å². The molecule has 0 heterocycles. The molecule has 7 heteroatoms. The molecule has 1 atom stereocenters. The second-order valence-electron chi connectivity index (χ2n) is 4.41. The van der Waals surface area contributed by atoms with Crippen LogP contribution in [-0.4, -0.2) is 56.4 Å². The molecule has 1 unspecified atom stereocenters. The molecule has 0 aliphatic carbocycles. The van der Waals surface area contributed by atoms with Gasteiger partial charge < -0.3 is 15.0 Å². The number of likely N-dealkylation sites (N-methyl/N-ethyl adjacent to an activating group) is 2. The first-order chi connectivity index (χ1) is 8.14. The van der Waals surface area contributed by atoms with E-state index in [1.165, 1.54) is 4.90 Å². The number of alkyl halides is 3. The van der Waals surface area contributed by atoms with Crippen molar-refractivity contribution in [3.8, 4) is 0 Å². The Labute approximate surface area is 105 Å². The van der Waals surface area contributed by atoms with E-state index in [9.17, 15) is 18.0 Å². The first-order valence-electron chi connectivity index (χ1n) is 5.76. The van der Waals surface area contributed by atoms with Gasteiger partial charge in [0.05, 0.1) is 13.0 Å². The lowest BCUT2D eigenvalue weighted by Crippen LogP contribution is -2.55. The van der Waals surface area contributed by atoms with Crippen molar-refractivity contribution in [1.29, 1.82) is 0 Å². The molecule has 0 fully saturated rings. The van der Waals surface area contributed by atoms with Crippen LogP contribution in [0.5, 0.6) is 0 Å². The summed E-state index contributed by atoms with van der Waals surface area (Å²) in [5.41, 5.74) is -1.00. The number of hydrogen-bond acceptors (Lipinski definition) is 4. The second-order valence-corrected chi connectivity index (χ2v) is 4.41. The highest BCUT2D eigenvalue weighted by Crippen LogP contribution is 2.20. The highest BCUT2D eigenvalue weighted by Gasteiger charge is 2.35. The van der Waals surface area contributed by atoms with Gasteiger partial charge in [-0.1, -0.05) is 0 Å². The minimum absolute atomic E-state index is 0.151. The van der Waals surface area contributed by atoms with Crippen molar-refractivity contribution in [3.63, 3.8) is 0 Å². The SMILES string of the molecule is CCOC(=O)C(C)(CN(C)CCC(F)(F)F)NC. The highest BCUT2D eigenvalue weighted by molar-refractivity contribution is 5.80. The number of halogens is 3. The summed E-state index contributed by atoms with van der Waals surface area (Å²) in [6, 6.07) is 0. The lowest BCUT2D eigenvalue weighted by molar-refractivity contribution is -0.151. The molecule has 0 amide bonds. The fraction of sp³-hybridized carbons (Fsp3) is 0.909. The van der Waals surface area contributed by atoms with Crippen molar-refractivity contribution in [1.82, 2.24) is 10.2 Å². The van der Waals surface area contributed by atoms with Crippen LogP contribution in [-0.2, 0) is 9.53 Å². The largest absolute Gasteiger partial charge is 0.465 e. The molecule has 0 aliphatic heterocycles. The van der Waals surface area contributed by atoms with Crippen LogP contribution in [0.15, 0.2) is 0 Å². The standard InChI is InChI=1S/C11H21F3N2O2/c1-5-18-9(17)10(2,15-3)8-16(4)7-6-11(12,13)14/h15H,5-8H2,1-4H3. The summed E-state index contributed by atoms with van der Waals surface area (Å²) >= 11 is 0. The topological polar surface area (TPSA) is 41.6 Å². The van der Waals surface area contributed by atoms with Crippen molar-refractivity contribution in [2.45, 2.75) is 32.0 Å². The Kier molecular flexibility index (Phi) is 6.62. The maximum atomic E-state index is 12.1. The van der Waals surface area contributed by atoms with E-state index >= 15 is 0 Å². The zero-order valence-electron chi connectivity index (χ0n) is 11.2. The van der Waals surface area contributed by atoms with Gasteiger partial charge in [-0.05, 0) is 27.9 Å². The predicted molar refractivity (Wildman–Crippen MR) is 62.3 cm³/mol. The molecule has 0 spiro atoms. The quantitative estimate of drug-likeness (QED) is 0.710. The fourth-order valence-corrected chi connectivity index (χ4v) is 1.47. The van der Waals surface area contributed by atoms with Gasteiger partial charge in [-0.3, -0.25) is 4.79 Å². The number of nitrogens with one attached hydrogen (secondary N) is 1. The average molecular weight is 270 g/mol. The third-order valence-electron chi connectivity index (χ3n) is 2.64. The summed E-state index contributed by atoms with van der Waals surface area (Å²) in [7, 11) is 3.12. The molecule has 18 heavy (non-hydrogen) atoms. The van der Waals surface area contributed by atoms with Crippen LogP contribution in [0.25, 0.3) is 0 Å². The van der Waals surface area contributed by atoms with Crippen molar-refractivity contribution in [3.05, 3.63) is 0 Å². The van der Waals surface area contributed by atoms with E-state index in [1.807, 2.05) is 0 Å². The Bertz CT molecular complexity index is 272. The molecule has 1 N–H and O–H groups in total. The van der Waals surface area contributed by atoms with Gasteiger partial charge in [0.15, 0.2) is 0 Å². The van der Waals surface area contributed by atoms with Crippen LogP contribution in [0.4, 0.5) is 13.2 Å². The Morgan fingerprint density at radius 1 is 1.39 bits per heavy atom. The molecule has 0 aromatic heterocycles. The number of ether oxygens (including phenoxy) is 1. The van der Waals surface area contributed by atoms with Gasteiger partial charge in [0.25, 0.3) is 0 Å². The minimum atomic E-state index is -4.19. The zero-order chi connectivity index (χ0) is 14.4. The monoisotopic (exact) mass is 270 g/mol. The molecular weight excluding hydrogens is 249 g/mol. The van der Waals surface area contributed by atoms with Crippen LogP contribution in [0, 0.1) is 0 Å². The van der Waals surface area contributed by atoms with E-state index in [4.69, 9.17) is 4.74 Å². The molecule has 0 aliphatic rings. The molecule has 0 aromatic rings. The molecule has 0 aromatic carbocycles. The van der Waals surface area contributed by atoms with E-state index in [-0.39, 0.29) is 19.7 Å². The average Bonchev–Trinajstić information content (AvgIpc) is 2.25. The summed E-state index contributed by atoms with van der Waals surface area (Å²) < 4.78 is 41.1. The van der Waals surface area contributed by atoms with Crippen LogP contribution in [0.1, 0.15) is 20.3 Å². The number of nitrogens with zero attached hydrogens (tertiary/aromatic N) is 1. The van der Waals surface area contributed by atoms with Crippen LogP contribution in [0.2, 0.25) is 0 Å². The van der Waals surface area contributed by atoms with E-state index in [2.05, 4.69) is 5.32 Å². The molecule has 0 rings (SSSR count). The molecule has 0 saturated carbocycles. The lowest BCUT2D eigenvalue weighted by Gasteiger charge is -2.31. The first-order valence-corrected chi connectivity index (χ1v) is 5.76. The molecule has 4 nitrogen and oxygen atoms in total. The number of rotatable bonds is 7. The van der Waals surface area contributed by atoms with Crippen molar-refractivity contribution >= 4 is 5.97 Å². The third kappa shape index (κ3) is 6.20. The van der Waals surface area contributed by atoms with Crippen LogP contribution < -0.4 is 5.32 Å². The molecule has 0 saturated heterocycles. The molecule has 108 valence electrons. The summed E-state index contributed by atoms with van der Waals surface area (Å²) in [4.78, 5) is 13.2. The summed E-state index contributed by atoms with van der Waals surface area (Å²) in [6.07, 6.45) is -5.08. The molecule has 0 bridgehead atoms. The smallest absolute Gasteiger partial charge is 0.390 e. The number of carbonyl (C=O) groups excluding carboxylic acids is 1. The number of carbonyl (C=O) groups is 1. The fourth-order valence-electron chi connectivity index (χ4n) is 1.47. The predicted octanol–water partition coefficient (Wildman–Crippen LogP) is 1.41. The Balaban J connectivity index is 4.39. The highest BCUT2D eigenvalue weighted by atomic mass is 19.4. The van der Waals surface area contributed by atoms with Crippen molar-refractivity contribution in [2.75, 3.05) is 33.8 Å². The number of hydrogen-bond donors (Lipinski definition) is 1. The second kappa shape index (κ2) is 6.94. The van der Waals surface area contributed by atoms with Gasteiger partial charge in [0.2, 0.25) is 0 Å². The summed E-state index contributed by atoms with van der Waals surface area (Å²) in [5, 5.41) is 2.79. The Morgan fingerprint density at radius 3 is 2.33 bits per heavy atom. The minimum Gasteiger partial charge on any atom is -0.465 e. The number of esters is 1. The first kappa shape index (κ1) is 17.2. The normalized spacial score (nSPS) is 15.6. The van der Waals surface area contributed by atoms with E-state index in [1.54, 1.807) is 27.9 Å². The Hall–Kier alpha value is -0.820. The van der Waals surface area contributed by atoms with Gasteiger partial charge >= 0.3 is 12.1 Å². The lowest BCUT2D eigenvalue weighted by atomic mass is 10.0. The molecular formula is C11H21F3N2O2. The van der Waals surface area contributed by atoms with Gasteiger partial charge in [0.1, 0.15) is 5.54 Å². The summed E-state index contributed by atoms with van der Waals surface area (Å²) in [5.74, 6) is -0.466. The van der Waals surface area contributed by atoms with E-state index in [0.717, 1.165) is 0 Å². The van der Waals surface area contributed by atoms with Gasteiger partial charge in [-0.2, -0.15) is 13.2 Å². The van der Waals surface area contributed by atoms with Crippen molar-refractivity contribution in [2.24, 2.45) is 0 Å². The maximum Gasteiger partial charge on any atom is 0.390 e. The summed E-state index contributed by atoms with van der Waals surface area (Å²) in [6.45, 7) is 3.53. The molecule has 0 radical (unpaired) electrons. The Morgan fingerprint density at radius 2 is 1.94 bits per heavy atom. The van der Waals surface area contributed by atoms with E-state index < -0.39 is 24.1 Å². The maximum absolute atomic E-state index is 12.1. The van der Waals surface area contributed by atoms with Gasteiger partial charge in [0, 0.05) is 13.1 Å². The van der Waals surface area contributed by atoms with Crippen LogP contribution >= 0.6 is 0 Å². The third-order valence-corrected chi connectivity index (χ3v) is 2.64. The van der Waals surface area contributed by atoms with Gasteiger partial charge in [-0.25, -0.2) is 0 Å². The van der Waals surface area contributed by atoms with Crippen LogP contribution in [0.3, 0.4) is 0 Å².